The van der Waals surface area contributed by atoms with E-state index in [2.05, 4.69) is 59.5 Å². The number of nitrogens with one attached hydrogen (secondary N) is 2. The summed E-state index contributed by atoms with van der Waals surface area (Å²) in [7, 11) is 1.62. The first-order chi connectivity index (χ1) is 7.86. The van der Waals surface area contributed by atoms with Crippen molar-refractivity contribution in [3.05, 3.63) is 33.8 Å². The van der Waals surface area contributed by atoms with Crippen LogP contribution < -0.4 is 10.6 Å². The summed E-state index contributed by atoms with van der Waals surface area (Å²) >= 11 is 3.48. The van der Waals surface area contributed by atoms with Crippen molar-refractivity contribution in [3.63, 3.8) is 0 Å². The van der Waals surface area contributed by atoms with Gasteiger partial charge in [-0.05, 0) is 30.2 Å². The van der Waals surface area contributed by atoms with Gasteiger partial charge in [-0.1, -0.05) is 35.8 Å². The molecular formula is C13H19BrN2O. The molecule has 0 saturated carbocycles. The number of rotatable bonds is 3. The van der Waals surface area contributed by atoms with E-state index >= 15 is 0 Å². The van der Waals surface area contributed by atoms with Gasteiger partial charge in [0.05, 0.1) is 0 Å². The standard InChI is InChI=1S/C13H19BrN2O/c1-9-5-6-10(14)7-11(9)13(2,3)8-16-12(17)15-4/h5-7H,8H2,1-4H3,(H2,15,16,17). The third-order valence-corrected chi connectivity index (χ3v) is 3.34. The average Bonchev–Trinajstić information content (AvgIpc) is 2.29. The minimum absolute atomic E-state index is 0.0969. The Hall–Kier alpha value is -1.03. The van der Waals surface area contributed by atoms with Crippen LogP contribution in [0.25, 0.3) is 0 Å². The second-order valence-electron chi connectivity index (χ2n) is 4.78. The van der Waals surface area contributed by atoms with Gasteiger partial charge in [-0.2, -0.15) is 0 Å². The highest BCUT2D eigenvalue weighted by Crippen LogP contribution is 2.28. The maximum absolute atomic E-state index is 11.2. The molecule has 1 aromatic carbocycles. The van der Waals surface area contributed by atoms with Crippen LogP contribution >= 0.6 is 15.9 Å². The molecule has 1 rings (SSSR count). The normalized spacial score (nSPS) is 11.1. The van der Waals surface area contributed by atoms with Crippen molar-refractivity contribution in [2.24, 2.45) is 0 Å². The number of hydrogen-bond acceptors (Lipinski definition) is 1. The highest BCUT2D eigenvalue weighted by molar-refractivity contribution is 9.10. The summed E-state index contributed by atoms with van der Waals surface area (Å²) in [5, 5.41) is 5.41. The number of halogens is 1. The maximum Gasteiger partial charge on any atom is 0.314 e. The second-order valence-corrected chi connectivity index (χ2v) is 5.69. The zero-order chi connectivity index (χ0) is 13.1. The van der Waals surface area contributed by atoms with Gasteiger partial charge in [-0.25, -0.2) is 4.79 Å². The molecule has 0 aromatic heterocycles. The van der Waals surface area contributed by atoms with Gasteiger partial charge < -0.3 is 10.6 Å². The molecule has 0 aliphatic carbocycles. The van der Waals surface area contributed by atoms with E-state index in [4.69, 9.17) is 0 Å². The molecule has 0 atom stereocenters. The Bertz CT molecular complexity index is 416. The number of carbonyl (C=O) groups is 1. The van der Waals surface area contributed by atoms with Crippen molar-refractivity contribution in [2.75, 3.05) is 13.6 Å². The minimum Gasteiger partial charge on any atom is -0.341 e. The van der Waals surface area contributed by atoms with Crippen LogP contribution in [0.1, 0.15) is 25.0 Å². The molecule has 94 valence electrons. The molecular weight excluding hydrogens is 280 g/mol. The second kappa shape index (κ2) is 5.54. The van der Waals surface area contributed by atoms with E-state index in [0.29, 0.717) is 6.54 Å². The van der Waals surface area contributed by atoms with E-state index in [0.717, 1.165) is 4.47 Å². The smallest absolute Gasteiger partial charge is 0.314 e. The maximum atomic E-state index is 11.2. The quantitative estimate of drug-likeness (QED) is 0.885. The summed E-state index contributed by atoms with van der Waals surface area (Å²) in [4.78, 5) is 11.2. The van der Waals surface area contributed by atoms with Crippen LogP contribution in [0.3, 0.4) is 0 Å². The van der Waals surface area contributed by atoms with Crippen molar-refractivity contribution in [1.82, 2.24) is 10.6 Å². The van der Waals surface area contributed by atoms with Gasteiger partial charge in [0.1, 0.15) is 0 Å². The fraction of sp³-hybridized carbons (Fsp3) is 0.462. The Morgan fingerprint density at radius 3 is 2.65 bits per heavy atom. The van der Waals surface area contributed by atoms with E-state index in [1.54, 1.807) is 7.05 Å². The molecule has 0 spiro atoms. The topological polar surface area (TPSA) is 41.1 Å². The Balaban J connectivity index is 2.88. The van der Waals surface area contributed by atoms with Gasteiger partial charge in [0.25, 0.3) is 0 Å². The predicted molar refractivity (Wildman–Crippen MR) is 74.4 cm³/mol. The molecule has 3 nitrogen and oxygen atoms in total. The summed E-state index contributed by atoms with van der Waals surface area (Å²) in [6.07, 6.45) is 0. The highest BCUT2D eigenvalue weighted by atomic mass is 79.9. The lowest BCUT2D eigenvalue weighted by Crippen LogP contribution is -2.41. The first-order valence-corrected chi connectivity index (χ1v) is 6.38. The van der Waals surface area contributed by atoms with Gasteiger partial charge in [-0.3, -0.25) is 0 Å². The molecule has 0 aliphatic heterocycles. The molecule has 1 aromatic rings. The van der Waals surface area contributed by atoms with Gasteiger partial charge in [0.15, 0.2) is 0 Å². The SMILES string of the molecule is CNC(=O)NCC(C)(C)c1cc(Br)ccc1C. The fourth-order valence-electron chi connectivity index (χ4n) is 1.81. The van der Waals surface area contributed by atoms with Crippen LogP contribution in [0.2, 0.25) is 0 Å². The molecule has 0 heterocycles. The van der Waals surface area contributed by atoms with Crippen LogP contribution in [0, 0.1) is 6.92 Å². The van der Waals surface area contributed by atoms with Gasteiger partial charge in [0, 0.05) is 23.5 Å². The van der Waals surface area contributed by atoms with Gasteiger partial charge in [0.2, 0.25) is 0 Å². The lowest BCUT2D eigenvalue weighted by Gasteiger charge is -2.27. The molecule has 0 saturated heterocycles. The summed E-state index contributed by atoms with van der Waals surface area (Å²) < 4.78 is 1.06. The number of benzene rings is 1. The average molecular weight is 299 g/mol. The summed E-state index contributed by atoms with van der Waals surface area (Å²) in [5.41, 5.74) is 2.38. The van der Waals surface area contributed by atoms with Crippen molar-refractivity contribution < 1.29 is 4.79 Å². The van der Waals surface area contributed by atoms with Crippen molar-refractivity contribution in [3.8, 4) is 0 Å². The summed E-state index contributed by atoms with van der Waals surface area (Å²) in [5.74, 6) is 0. The van der Waals surface area contributed by atoms with E-state index in [1.165, 1.54) is 11.1 Å². The Morgan fingerprint density at radius 1 is 1.41 bits per heavy atom. The van der Waals surface area contributed by atoms with Crippen molar-refractivity contribution in [2.45, 2.75) is 26.2 Å². The summed E-state index contributed by atoms with van der Waals surface area (Å²) in [6, 6.07) is 6.08. The highest BCUT2D eigenvalue weighted by Gasteiger charge is 2.23. The Morgan fingerprint density at radius 2 is 2.06 bits per heavy atom. The summed E-state index contributed by atoms with van der Waals surface area (Å²) in [6.45, 7) is 6.93. The fourth-order valence-corrected chi connectivity index (χ4v) is 2.17. The number of urea groups is 1. The molecule has 2 amide bonds. The molecule has 4 heteroatoms. The monoisotopic (exact) mass is 298 g/mol. The first kappa shape index (κ1) is 14.0. The first-order valence-electron chi connectivity index (χ1n) is 5.59. The van der Waals surface area contributed by atoms with Gasteiger partial charge >= 0.3 is 6.03 Å². The van der Waals surface area contributed by atoms with Crippen molar-refractivity contribution in [1.29, 1.82) is 0 Å². The van der Waals surface area contributed by atoms with E-state index in [9.17, 15) is 4.79 Å². The zero-order valence-corrected chi connectivity index (χ0v) is 12.3. The van der Waals surface area contributed by atoms with Gasteiger partial charge in [-0.15, -0.1) is 0 Å². The van der Waals surface area contributed by atoms with Crippen molar-refractivity contribution >= 4 is 22.0 Å². The van der Waals surface area contributed by atoms with E-state index in [-0.39, 0.29) is 11.4 Å². The zero-order valence-electron chi connectivity index (χ0n) is 10.7. The van der Waals surface area contributed by atoms with Crippen LogP contribution in [-0.4, -0.2) is 19.6 Å². The molecule has 0 radical (unpaired) electrons. The number of amides is 2. The predicted octanol–water partition coefficient (Wildman–Crippen LogP) is 2.96. The van der Waals surface area contributed by atoms with Crippen LogP contribution in [0.4, 0.5) is 4.79 Å². The molecule has 2 N–H and O–H groups in total. The number of aryl methyl sites for hydroxylation is 1. The molecule has 17 heavy (non-hydrogen) atoms. The minimum atomic E-state index is -0.147. The lowest BCUT2D eigenvalue weighted by atomic mass is 9.82. The number of carbonyl (C=O) groups excluding carboxylic acids is 1. The van der Waals surface area contributed by atoms with E-state index in [1.807, 2.05) is 6.07 Å². The van der Waals surface area contributed by atoms with Crippen LogP contribution in [-0.2, 0) is 5.41 Å². The lowest BCUT2D eigenvalue weighted by molar-refractivity contribution is 0.240. The Labute approximate surface area is 111 Å². The van der Waals surface area contributed by atoms with E-state index < -0.39 is 0 Å². The Kier molecular flexibility index (Phi) is 4.57. The molecule has 0 fully saturated rings. The number of hydrogen-bond donors (Lipinski definition) is 2. The largest absolute Gasteiger partial charge is 0.341 e. The van der Waals surface area contributed by atoms with Crippen LogP contribution in [0.15, 0.2) is 22.7 Å². The molecule has 0 bridgehead atoms. The van der Waals surface area contributed by atoms with Crippen LogP contribution in [0.5, 0.6) is 0 Å². The third-order valence-electron chi connectivity index (χ3n) is 2.85. The third kappa shape index (κ3) is 3.73. The molecule has 0 aliphatic rings. The molecule has 0 unspecified atom stereocenters.